The third-order valence-electron chi connectivity index (χ3n) is 8.55. The number of hydrogen-bond donors (Lipinski definition) is 1. The van der Waals surface area contributed by atoms with Gasteiger partial charge in [0, 0.05) is 30.4 Å². The molecule has 0 unspecified atom stereocenters. The largest absolute Gasteiger partial charge is 0.458 e. The third kappa shape index (κ3) is 7.31. The second-order valence-electron chi connectivity index (χ2n) is 11.6. The van der Waals surface area contributed by atoms with E-state index in [1.807, 2.05) is 61.0 Å². The molecular weight excluding hydrogens is 567 g/mol. The van der Waals surface area contributed by atoms with Gasteiger partial charge in [0.1, 0.15) is 11.8 Å². The van der Waals surface area contributed by atoms with Crippen molar-refractivity contribution in [3.05, 3.63) is 101 Å². The van der Waals surface area contributed by atoms with Gasteiger partial charge < -0.3 is 14.6 Å². The number of benzene rings is 2. The van der Waals surface area contributed by atoms with Crippen molar-refractivity contribution in [2.24, 2.45) is 5.92 Å². The highest BCUT2D eigenvalue weighted by atomic mass is 19.4. The highest BCUT2D eigenvalue weighted by Gasteiger charge is 2.30. The summed E-state index contributed by atoms with van der Waals surface area (Å²) in [5.41, 5.74) is 3.00. The van der Waals surface area contributed by atoms with E-state index in [4.69, 9.17) is 4.74 Å². The van der Waals surface area contributed by atoms with E-state index in [1.165, 1.54) is 12.1 Å². The summed E-state index contributed by atoms with van der Waals surface area (Å²) >= 11 is 0. The minimum atomic E-state index is -4.39. The number of aryl methyl sites for hydroxylation is 1. The van der Waals surface area contributed by atoms with Crippen molar-refractivity contribution in [2.45, 2.75) is 83.7 Å². The summed E-state index contributed by atoms with van der Waals surface area (Å²) in [4.78, 5) is 31.1. The molecule has 0 spiro atoms. The molecule has 44 heavy (non-hydrogen) atoms. The van der Waals surface area contributed by atoms with E-state index in [1.54, 1.807) is 6.20 Å². The molecule has 232 valence electrons. The Hall–Kier alpha value is -4.14. The number of ether oxygens (including phenoxy) is 1. The first kappa shape index (κ1) is 31.3. The van der Waals surface area contributed by atoms with E-state index in [0.29, 0.717) is 48.0 Å². The number of rotatable bonds is 8. The maximum atomic E-state index is 13.7. The Labute approximate surface area is 255 Å². The van der Waals surface area contributed by atoms with Crippen molar-refractivity contribution in [1.29, 1.82) is 0 Å². The predicted octanol–water partition coefficient (Wildman–Crippen LogP) is 8.04. The zero-order chi connectivity index (χ0) is 31.3. The third-order valence-corrected chi connectivity index (χ3v) is 8.55. The van der Waals surface area contributed by atoms with Crippen molar-refractivity contribution >= 4 is 22.9 Å². The topological polar surface area (TPSA) is 73.2 Å². The molecule has 1 amide bonds. The average molecular weight is 606 g/mol. The van der Waals surface area contributed by atoms with Gasteiger partial charge in [-0.05, 0) is 80.8 Å². The van der Waals surface area contributed by atoms with Crippen LogP contribution in [0.15, 0.2) is 73.1 Å². The number of carbonyl (C=O) groups excluding carboxylic acids is 2. The molecule has 1 atom stereocenters. The van der Waals surface area contributed by atoms with Crippen LogP contribution in [0.3, 0.4) is 0 Å². The minimum Gasteiger partial charge on any atom is -0.458 e. The number of alkyl halides is 3. The lowest BCUT2D eigenvalue weighted by molar-refractivity contribution is -0.154. The first-order chi connectivity index (χ1) is 21.1. The Morgan fingerprint density at radius 1 is 1.00 bits per heavy atom. The summed E-state index contributed by atoms with van der Waals surface area (Å²) < 4.78 is 46.9. The van der Waals surface area contributed by atoms with Crippen LogP contribution in [0.4, 0.5) is 13.2 Å². The number of fused-ring (bicyclic) bond motifs is 1. The van der Waals surface area contributed by atoms with Gasteiger partial charge in [0.05, 0.1) is 17.0 Å². The molecule has 6 nitrogen and oxygen atoms in total. The van der Waals surface area contributed by atoms with Gasteiger partial charge in [-0.1, -0.05) is 55.3 Å². The Kier molecular flexibility index (Phi) is 9.71. The molecule has 1 aliphatic carbocycles. The molecule has 1 fully saturated rings. The normalized spacial score (nSPS) is 18.3. The molecule has 2 aromatic carbocycles. The quantitative estimate of drug-likeness (QED) is 0.206. The Morgan fingerprint density at radius 2 is 1.68 bits per heavy atom. The summed E-state index contributed by atoms with van der Waals surface area (Å²) in [6.07, 6.45) is 3.68. The molecule has 1 N–H and O–H groups in total. The van der Waals surface area contributed by atoms with Gasteiger partial charge in [0.25, 0.3) is 5.91 Å². The van der Waals surface area contributed by atoms with Gasteiger partial charge in [-0.3, -0.25) is 9.59 Å². The lowest BCUT2D eigenvalue weighted by Crippen LogP contribution is -2.36. The second-order valence-corrected chi connectivity index (χ2v) is 11.6. The van der Waals surface area contributed by atoms with Crippen LogP contribution >= 0.6 is 0 Å². The number of nitrogens with zero attached hydrogens (tertiary/aromatic N) is 2. The van der Waals surface area contributed by atoms with Gasteiger partial charge >= 0.3 is 12.1 Å². The van der Waals surface area contributed by atoms with Crippen LogP contribution in [-0.2, 0) is 28.7 Å². The van der Waals surface area contributed by atoms with Crippen LogP contribution in [-0.4, -0.2) is 27.5 Å². The zero-order valence-corrected chi connectivity index (χ0v) is 25.1. The van der Waals surface area contributed by atoms with E-state index in [2.05, 4.69) is 10.3 Å². The fraction of sp³-hybridized carbons (Fsp3) is 0.400. The molecule has 0 aliphatic heterocycles. The van der Waals surface area contributed by atoms with E-state index in [0.717, 1.165) is 48.9 Å². The summed E-state index contributed by atoms with van der Waals surface area (Å²) in [6.45, 7) is 4.48. The van der Waals surface area contributed by atoms with Gasteiger partial charge in [-0.15, -0.1) is 0 Å². The fourth-order valence-corrected chi connectivity index (χ4v) is 6.09. The lowest BCUT2D eigenvalue weighted by Gasteiger charge is -2.25. The number of hydrogen-bond acceptors (Lipinski definition) is 4. The predicted molar refractivity (Wildman–Crippen MR) is 163 cm³/mol. The summed E-state index contributed by atoms with van der Waals surface area (Å²) in [5.74, 6) is -0.509. The summed E-state index contributed by atoms with van der Waals surface area (Å²) in [6, 6.07) is 16.6. The smallest absolute Gasteiger partial charge is 0.416 e. The highest BCUT2D eigenvalue weighted by Crippen LogP contribution is 2.31. The van der Waals surface area contributed by atoms with Crippen molar-refractivity contribution in [1.82, 2.24) is 14.9 Å². The van der Waals surface area contributed by atoms with Gasteiger partial charge in [-0.2, -0.15) is 13.2 Å². The van der Waals surface area contributed by atoms with Crippen molar-refractivity contribution in [2.75, 3.05) is 0 Å². The Balaban J connectivity index is 1.25. The molecule has 0 bridgehead atoms. The number of carbonyl (C=O) groups is 2. The van der Waals surface area contributed by atoms with E-state index in [9.17, 15) is 22.8 Å². The number of pyridine rings is 1. The van der Waals surface area contributed by atoms with E-state index >= 15 is 0 Å². The van der Waals surface area contributed by atoms with Crippen LogP contribution in [0.1, 0.15) is 91.1 Å². The number of halogens is 3. The molecule has 2 heterocycles. The van der Waals surface area contributed by atoms with Crippen LogP contribution in [0, 0.1) is 5.92 Å². The van der Waals surface area contributed by atoms with Gasteiger partial charge in [-0.25, -0.2) is 4.98 Å². The summed E-state index contributed by atoms with van der Waals surface area (Å²) in [7, 11) is 0. The van der Waals surface area contributed by atoms with Gasteiger partial charge in [0.15, 0.2) is 0 Å². The van der Waals surface area contributed by atoms with Crippen LogP contribution in [0.25, 0.3) is 11.0 Å². The fourth-order valence-electron chi connectivity index (χ4n) is 6.09. The van der Waals surface area contributed by atoms with Crippen molar-refractivity contribution < 1.29 is 27.5 Å². The monoisotopic (exact) mass is 605 g/mol. The molecule has 1 saturated carbocycles. The SMILES string of the molecule is CCn1cc(C(=O)NC2CCCC(C(=O)O[C@@H](C)c3ccccc3)CCC2)c2c(Cc3ccc(C(F)(F)F)cc3)ccnc21. The lowest BCUT2D eigenvalue weighted by atomic mass is 9.89. The molecule has 9 heteroatoms. The van der Waals surface area contributed by atoms with E-state index in [-0.39, 0.29) is 29.9 Å². The Morgan fingerprint density at radius 3 is 2.32 bits per heavy atom. The summed E-state index contributed by atoms with van der Waals surface area (Å²) in [5, 5.41) is 3.94. The van der Waals surface area contributed by atoms with E-state index < -0.39 is 11.7 Å². The number of aromatic nitrogens is 2. The average Bonchev–Trinajstić information content (AvgIpc) is 3.38. The number of nitrogens with one attached hydrogen (secondary N) is 1. The number of amides is 1. The van der Waals surface area contributed by atoms with Crippen LogP contribution < -0.4 is 5.32 Å². The van der Waals surface area contributed by atoms with Crippen LogP contribution in [0.5, 0.6) is 0 Å². The maximum absolute atomic E-state index is 13.7. The molecule has 4 aromatic rings. The van der Waals surface area contributed by atoms with Crippen LogP contribution in [0.2, 0.25) is 0 Å². The first-order valence-electron chi connectivity index (χ1n) is 15.3. The Bertz CT molecular complexity index is 1570. The molecule has 5 rings (SSSR count). The standard InChI is InChI=1S/C35H38F3N3O3/c1-3-41-22-30(31-27(19-20-39-32(31)41)21-24-15-17-28(18-16-24)35(36,37)38)33(42)40-29-13-7-11-26(12-8-14-29)34(43)44-23(2)25-9-5-4-6-10-25/h4-6,9-10,15-20,22-23,26,29H,3,7-8,11-14,21H2,1-2H3,(H,40,42)/t23-,26?,29?/m0/s1. The molecular formula is C35H38F3N3O3. The minimum absolute atomic E-state index is 0.0298. The molecule has 2 aromatic heterocycles. The molecule has 0 saturated heterocycles. The first-order valence-corrected chi connectivity index (χ1v) is 15.3. The highest BCUT2D eigenvalue weighted by molar-refractivity contribution is 6.07. The maximum Gasteiger partial charge on any atom is 0.416 e. The second kappa shape index (κ2) is 13.7. The van der Waals surface area contributed by atoms with Crippen molar-refractivity contribution in [3.8, 4) is 0 Å². The molecule has 0 radical (unpaired) electrons. The molecule has 1 aliphatic rings. The van der Waals surface area contributed by atoms with Crippen molar-refractivity contribution in [3.63, 3.8) is 0 Å². The number of esters is 1. The van der Waals surface area contributed by atoms with Gasteiger partial charge in [0.2, 0.25) is 0 Å². The zero-order valence-electron chi connectivity index (χ0n) is 25.1.